The summed E-state index contributed by atoms with van der Waals surface area (Å²) >= 11 is 12.3. The summed E-state index contributed by atoms with van der Waals surface area (Å²) in [5.74, 6) is 1.26. The van der Waals surface area contributed by atoms with Crippen LogP contribution in [-0.2, 0) is 10.3 Å². The molecule has 0 aromatic heterocycles. The van der Waals surface area contributed by atoms with Crippen LogP contribution in [0.5, 0.6) is 11.5 Å². The first-order valence-electron chi connectivity index (χ1n) is 8.05. The number of rotatable bonds is 8. The van der Waals surface area contributed by atoms with Gasteiger partial charge in [0.05, 0.1) is 16.7 Å². The Morgan fingerprint density at radius 2 is 1.76 bits per heavy atom. The average Bonchev–Trinajstić information content (AvgIpc) is 2.60. The van der Waals surface area contributed by atoms with Gasteiger partial charge in [-0.3, -0.25) is 0 Å². The van der Waals surface area contributed by atoms with Crippen LogP contribution in [0.2, 0.25) is 10.0 Å². The first kappa shape index (κ1) is 19.9. The van der Waals surface area contributed by atoms with Gasteiger partial charge < -0.3 is 19.9 Å². The predicted octanol–water partition coefficient (Wildman–Crippen LogP) is 4.66. The highest BCUT2D eigenvalue weighted by molar-refractivity contribution is 6.42. The van der Waals surface area contributed by atoms with Gasteiger partial charge in [-0.1, -0.05) is 41.4 Å². The molecule has 0 aliphatic heterocycles. The zero-order chi connectivity index (χ0) is 18.4. The summed E-state index contributed by atoms with van der Waals surface area (Å²) in [5, 5.41) is 0.920. The third-order valence-corrected chi connectivity index (χ3v) is 4.82. The smallest absolute Gasteiger partial charge is 0.162 e. The molecule has 2 rings (SSSR count). The number of nitrogens with two attached hydrogens (primary N) is 1. The van der Waals surface area contributed by atoms with Gasteiger partial charge in [-0.2, -0.15) is 0 Å². The molecule has 4 nitrogen and oxygen atoms in total. The summed E-state index contributed by atoms with van der Waals surface area (Å²) in [4.78, 5) is 0. The van der Waals surface area contributed by atoms with Crippen molar-refractivity contribution < 1.29 is 14.2 Å². The molecule has 2 unspecified atom stereocenters. The Labute approximate surface area is 158 Å². The fraction of sp³-hybridized carbons (Fsp3) is 0.368. The molecule has 2 aromatic rings. The van der Waals surface area contributed by atoms with E-state index in [0.29, 0.717) is 28.2 Å². The minimum absolute atomic E-state index is 0.268. The predicted molar refractivity (Wildman–Crippen MR) is 102 cm³/mol. The van der Waals surface area contributed by atoms with E-state index in [1.807, 2.05) is 44.2 Å². The van der Waals surface area contributed by atoms with E-state index in [9.17, 15) is 0 Å². The molecule has 0 heterocycles. The molecular weight excluding hydrogens is 361 g/mol. The first-order valence-corrected chi connectivity index (χ1v) is 8.81. The van der Waals surface area contributed by atoms with Gasteiger partial charge in [0.2, 0.25) is 0 Å². The maximum absolute atomic E-state index is 6.38. The molecule has 0 fully saturated rings. The van der Waals surface area contributed by atoms with Crippen molar-refractivity contribution in [1.82, 2.24) is 0 Å². The van der Waals surface area contributed by atoms with Gasteiger partial charge in [-0.15, -0.1) is 0 Å². The van der Waals surface area contributed by atoms with Gasteiger partial charge >= 0.3 is 0 Å². The van der Waals surface area contributed by atoms with Crippen molar-refractivity contribution in [3.8, 4) is 11.5 Å². The largest absolute Gasteiger partial charge is 0.490 e. The zero-order valence-electron chi connectivity index (χ0n) is 14.6. The SMILES string of the molecule is CCOc1ccccc1OC(C)(c1ccc(Cl)c(Cl)c1)C(CN)OC. The molecule has 136 valence electrons. The average molecular weight is 384 g/mol. The summed E-state index contributed by atoms with van der Waals surface area (Å²) in [6, 6.07) is 12.9. The van der Waals surface area contributed by atoms with Crippen molar-refractivity contribution in [2.75, 3.05) is 20.3 Å². The van der Waals surface area contributed by atoms with Crippen LogP contribution in [0.3, 0.4) is 0 Å². The highest BCUT2D eigenvalue weighted by atomic mass is 35.5. The monoisotopic (exact) mass is 383 g/mol. The molecule has 0 spiro atoms. The lowest BCUT2D eigenvalue weighted by molar-refractivity contribution is -0.0647. The van der Waals surface area contributed by atoms with Crippen molar-refractivity contribution >= 4 is 23.2 Å². The molecule has 0 aliphatic carbocycles. The lowest BCUT2D eigenvalue weighted by atomic mass is 9.89. The van der Waals surface area contributed by atoms with Crippen molar-refractivity contribution in [3.05, 3.63) is 58.1 Å². The van der Waals surface area contributed by atoms with Crippen LogP contribution in [0, 0.1) is 0 Å². The lowest BCUT2D eigenvalue weighted by Gasteiger charge is -2.37. The minimum Gasteiger partial charge on any atom is -0.490 e. The fourth-order valence-corrected chi connectivity index (χ4v) is 3.00. The molecular formula is C19H23Cl2NO3. The van der Waals surface area contributed by atoms with Gasteiger partial charge in [-0.25, -0.2) is 0 Å². The molecule has 0 bridgehead atoms. The molecule has 2 atom stereocenters. The van der Waals surface area contributed by atoms with Crippen LogP contribution in [0.25, 0.3) is 0 Å². The molecule has 0 amide bonds. The second-order valence-electron chi connectivity index (χ2n) is 5.68. The van der Waals surface area contributed by atoms with Gasteiger partial charge in [0.1, 0.15) is 6.10 Å². The minimum atomic E-state index is -0.884. The van der Waals surface area contributed by atoms with Crippen molar-refractivity contribution in [2.45, 2.75) is 25.6 Å². The molecule has 2 aromatic carbocycles. The quantitative estimate of drug-likeness (QED) is 0.719. The van der Waals surface area contributed by atoms with Crippen molar-refractivity contribution in [3.63, 3.8) is 0 Å². The highest BCUT2D eigenvalue weighted by Crippen LogP contribution is 2.38. The Morgan fingerprint density at radius 1 is 1.08 bits per heavy atom. The number of hydrogen-bond donors (Lipinski definition) is 1. The van der Waals surface area contributed by atoms with Crippen LogP contribution in [0.1, 0.15) is 19.4 Å². The normalized spacial score (nSPS) is 14.6. The standard InChI is InChI=1S/C19H23Cl2NO3/c1-4-24-16-7-5-6-8-17(16)25-19(2,18(12-22)23-3)13-9-10-14(20)15(21)11-13/h5-11,18H,4,12,22H2,1-3H3. The van der Waals surface area contributed by atoms with Crippen LogP contribution in [-0.4, -0.2) is 26.4 Å². The Hall–Kier alpha value is -1.46. The van der Waals surface area contributed by atoms with Gasteiger partial charge in [0.25, 0.3) is 0 Å². The summed E-state index contributed by atoms with van der Waals surface area (Å²) in [6.45, 7) is 4.64. The van der Waals surface area contributed by atoms with Crippen LogP contribution in [0.15, 0.2) is 42.5 Å². The van der Waals surface area contributed by atoms with E-state index < -0.39 is 11.7 Å². The molecule has 6 heteroatoms. The Bertz CT molecular complexity index is 707. The van der Waals surface area contributed by atoms with Crippen LogP contribution >= 0.6 is 23.2 Å². The van der Waals surface area contributed by atoms with Crippen LogP contribution < -0.4 is 15.2 Å². The number of benzene rings is 2. The number of hydrogen-bond acceptors (Lipinski definition) is 4. The zero-order valence-corrected chi connectivity index (χ0v) is 16.1. The van der Waals surface area contributed by atoms with Crippen molar-refractivity contribution in [2.24, 2.45) is 5.73 Å². The molecule has 0 saturated heterocycles. The molecule has 0 saturated carbocycles. The van der Waals surface area contributed by atoms with Gasteiger partial charge in [-0.05, 0) is 43.7 Å². The van der Waals surface area contributed by atoms with E-state index in [1.54, 1.807) is 19.2 Å². The van der Waals surface area contributed by atoms with E-state index in [1.165, 1.54) is 0 Å². The molecule has 2 N–H and O–H groups in total. The second-order valence-corrected chi connectivity index (χ2v) is 6.49. The topological polar surface area (TPSA) is 53.7 Å². The summed E-state index contributed by atoms with van der Waals surface area (Å²) in [6.07, 6.45) is -0.403. The molecule has 0 aliphatic rings. The van der Waals surface area contributed by atoms with E-state index in [2.05, 4.69) is 0 Å². The van der Waals surface area contributed by atoms with Crippen LogP contribution in [0.4, 0.5) is 0 Å². The van der Waals surface area contributed by atoms with E-state index >= 15 is 0 Å². The number of methoxy groups -OCH3 is 1. The number of para-hydroxylation sites is 2. The Morgan fingerprint density at radius 3 is 2.32 bits per heavy atom. The highest BCUT2D eigenvalue weighted by Gasteiger charge is 2.39. The Kier molecular flexibility index (Phi) is 6.96. The van der Waals surface area contributed by atoms with E-state index in [4.69, 9.17) is 43.1 Å². The van der Waals surface area contributed by atoms with Gasteiger partial charge in [0.15, 0.2) is 17.1 Å². The van der Waals surface area contributed by atoms with E-state index in [0.717, 1.165) is 5.56 Å². The Balaban J connectivity index is 2.51. The van der Waals surface area contributed by atoms with E-state index in [-0.39, 0.29) is 6.54 Å². The molecule has 0 radical (unpaired) electrons. The number of halogens is 2. The first-order chi connectivity index (χ1) is 12.0. The number of ether oxygens (including phenoxy) is 3. The summed E-state index contributed by atoms with van der Waals surface area (Å²) in [5.41, 5.74) is 5.86. The van der Waals surface area contributed by atoms with Crippen molar-refractivity contribution in [1.29, 1.82) is 0 Å². The fourth-order valence-electron chi connectivity index (χ4n) is 2.70. The molecule has 25 heavy (non-hydrogen) atoms. The lowest BCUT2D eigenvalue weighted by Crippen LogP contribution is -2.47. The maximum Gasteiger partial charge on any atom is 0.162 e. The summed E-state index contributed by atoms with van der Waals surface area (Å²) in [7, 11) is 1.60. The maximum atomic E-state index is 6.38. The summed E-state index contributed by atoms with van der Waals surface area (Å²) < 4.78 is 17.6. The van der Waals surface area contributed by atoms with Gasteiger partial charge in [0, 0.05) is 13.7 Å². The third-order valence-electron chi connectivity index (χ3n) is 4.08. The third kappa shape index (κ3) is 4.39. The second kappa shape index (κ2) is 8.77.